The van der Waals surface area contributed by atoms with Gasteiger partial charge < -0.3 is 10.2 Å². The predicted molar refractivity (Wildman–Crippen MR) is 48.9 cm³/mol. The van der Waals surface area contributed by atoms with Gasteiger partial charge in [-0.1, -0.05) is 26.2 Å². The Morgan fingerprint density at radius 3 is 2.33 bits per heavy atom. The third-order valence-corrected chi connectivity index (χ3v) is 2.82. The lowest BCUT2D eigenvalue weighted by Crippen LogP contribution is -2.33. The van der Waals surface area contributed by atoms with Crippen LogP contribution in [0.4, 0.5) is 0 Å². The molecule has 1 saturated carbocycles. The molecule has 1 atom stereocenters. The maximum atomic E-state index is 10.1. The SMILES string of the molecule is CC(CO)CC1(O)CCCCC1. The highest BCUT2D eigenvalue weighted by Crippen LogP contribution is 2.32. The van der Waals surface area contributed by atoms with Crippen LogP contribution >= 0.6 is 0 Å². The molecule has 0 heterocycles. The van der Waals surface area contributed by atoms with Gasteiger partial charge in [0.15, 0.2) is 0 Å². The van der Waals surface area contributed by atoms with Crippen LogP contribution in [0.1, 0.15) is 45.4 Å². The van der Waals surface area contributed by atoms with Gasteiger partial charge in [0.05, 0.1) is 5.60 Å². The largest absolute Gasteiger partial charge is 0.396 e. The molecule has 2 nitrogen and oxygen atoms in total. The topological polar surface area (TPSA) is 40.5 Å². The average Bonchev–Trinajstić information content (AvgIpc) is 2.05. The van der Waals surface area contributed by atoms with Crippen LogP contribution in [0, 0.1) is 5.92 Å². The lowest BCUT2D eigenvalue weighted by molar-refractivity contribution is -0.0217. The molecule has 1 rings (SSSR count). The van der Waals surface area contributed by atoms with Gasteiger partial charge in [-0.25, -0.2) is 0 Å². The summed E-state index contributed by atoms with van der Waals surface area (Å²) in [5.41, 5.74) is -0.458. The minimum Gasteiger partial charge on any atom is -0.396 e. The third kappa shape index (κ3) is 2.76. The van der Waals surface area contributed by atoms with E-state index in [1.54, 1.807) is 0 Å². The molecule has 0 spiro atoms. The van der Waals surface area contributed by atoms with Gasteiger partial charge in [-0.15, -0.1) is 0 Å². The highest BCUT2D eigenvalue weighted by Gasteiger charge is 2.30. The predicted octanol–water partition coefficient (Wildman–Crippen LogP) is 1.70. The zero-order valence-corrected chi connectivity index (χ0v) is 7.92. The molecule has 1 aliphatic carbocycles. The molecule has 1 unspecified atom stereocenters. The second-order valence-electron chi connectivity index (χ2n) is 4.28. The molecule has 72 valence electrons. The quantitative estimate of drug-likeness (QED) is 0.680. The van der Waals surface area contributed by atoms with Gasteiger partial charge in [-0.05, 0) is 25.2 Å². The fraction of sp³-hybridized carbons (Fsp3) is 1.00. The van der Waals surface area contributed by atoms with Crippen molar-refractivity contribution in [3.05, 3.63) is 0 Å². The number of hydrogen-bond donors (Lipinski definition) is 2. The van der Waals surface area contributed by atoms with Crippen molar-refractivity contribution in [2.45, 2.75) is 51.0 Å². The highest BCUT2D eigenvalue weighted by atomic mass is 16.3. The maximum Gasteiger partial charge on any atom is 0.0651 e. The molecule has 2 N–H and O–H groups in total. The first kappa shape index (κ1) is 10.0. The summed E-state index contributed by atoms with van der Waals surface area (Å²) in [4.78, 5) is 0. The van der Waals surface area contributed by atoms with Crippen molar-refractivity contribution in [2.75, 3.05) is 6.61 Å². The minimum absolute atomic E-state index is 0.197. The Hall–Kier alpha value is -0.0800. The molecular formula is C10H20O2. The molecule has 0 amide bonds. The standard InChI is InChI=1S/C10H20O2/c1-9(8-11)7-10(12)5-3-2-4-6-10/h9,11-12H,2-8H2,1H3. The molecule has 0 radical (unpaired) electrons. The second-order valence-corrected chi connectivity index (χ2v) is 4.28. The van der Waals surface area contributed by atoms with E-state index < -0.39 is 5.60 Å². The van der Waals surface area contributed by atoms with Crippen molar-refractivity contribution < 1.29 is 10.2 Å². The molecule has 0 aromatic carbocycles. The fourth-order valence-electron chi connectivity index (χ4n) is 2.13. The number of hydrogen-bond acceptors (Lipinski definition) is 2. The first-order valence-electron chi connectivity index (χ1n) is 4.99. The van der Waals surface area contributed by atoms with Crippen molar-refractivity contribution in [1.29, 1.82) is 0 Å². The Morgan fingerprint density at radius 2 is 1.83 bits per heavy atom. The van der Waals surface area contributed by atoms with Crippen molar-refractivity contribution in [2.24, 2.45) is 5.92 Å². The highest BCUT2D eigenvalue weighted by molar-refractivity contribution is 4.83. The van der Waals surface area contributed by atoms with Crippen LogP contribution in [-0.2, 0) is 0 Å². The third-order valence-electron chi connectivity index (χ3n) is 2.82. The Balaban J connectivity index is 2.35. The number of aliphatic hydroxyl groups is 2. The van der Waals surface area contributed by atoms with Crippen molar-refractivity contribution >= 4 is 0 Å². The smallest absolute Gasteiger partial charge is 0.0651 e. The van der Waals surface area contributed by atoms with Gasteiger partial charge in [0, 0.05) is 6.61 Å². The van der Waals surface area contributed by atoms with E-state index >= 15 is 0 Å². The van der Waals surface area contributed by atoms with E-state index in [4.69, 9.17) is 5.11 Å². The Morgan fingerprint density at radius 1 is 1.25 bits per heavy atom. The van der Waals surface area contributed by atoms with Crippen molar-refractivity contribution in [3.8, 4) is 0 Å². The van der Waals surface area contributed by atoms with E-state index in [1.165, 1.54) is 6.42 Å². The van der Waals surface area contributed by atoms with E-state index in [-0.39, 0.29) is 12.5 Å². The van der Waals surface area contributed by atoms with Crippen LogP contribution in [-0.4, -0.2) is 22.4 Å². The zero-order valence-electron chi connectivity index (χ0n) is 7.92. The summed E-state index contributed by atoms with van der Waals surface area (Å²) in [5, 5.41) is 18.9. The molecule has 0 aromatic heterocycles. The van der Waals surface area contributed by atoms with E-state index in [0.717, 1.165) is 32.1 Å². The normalized spacial score (nSPS) is 25.2. The van der Waals surface area contributed by atoms with Gasteiger partial charge in [0.1, 0.15) is 0 Å². The first-order chi connectivity index (χ1) is 5.66. The van der Waals surface area contributed by atoms with Gasteiger partial charge in [0.25, 0.3) is 0 Å². The minimum atomic E-state index is -0.458. The molecule has 0 aromatic rings. The Bertz CT molecular complexity index is 128. The Labute approximate surface area is 74.6 Å². The second kappa shape index (κ2) is 4.24. The lowest BCUT2D eigenvalue weighted by Gasteiger charge is -2.33. The molecule has 0 saturated heterocycles. The van der Waals surface area contributed by atoms with Crippen molar-refractivity contribution in [1.82, 2.24) is 0 Å². The average molecular weight is 172 g/mol. The summed E-state index contributed by atoms with van der Waals surface area (Å²) in [5.74, 6) is 0.244. The monoisotopic (exact) mass is 172 g/mol. The van der Waals surface area contributed by atoms with Crippen LogP contribution in [0.15, 0.2) is 0 Å². The summed E-state index contributed by atoms with van der Waals surface area (Å²) >= 11 is 0. The van der Waals surface area contributed by atoms with Crippen LogP contribution in [0.25, 0.3) is 0 Å². The molecule has 2 heteroatoms. The van der Waals surface area contributed by atoms with Crippen LogP contribution in [0.2, 0.25) is 0 Å². The van der Waals surface area contributed by atoms with Gasteiger partial charge in [-0.3, -0.25) is 0 Å². The number of aliphatic hydroxyl groups excluding tert-OH is 1. The summed E-state index contributed by atoms with van der Waals surface area (Å²) in [6.45, 7) is 2.19. The van der Waals surface area contributed by atoms with Gasteiger partial charge in [0.2, 0.25) is 0 Å². The summed E-state index contributed by atoms with van der Waals surface area (Å²) < 4.78 is 0. The van der Waals surface area contributed by atoms with Crippen LogP contribution in [0.5, 0.6) is 0 Å². The van der Waals surface area contributed by atoms with E-state index in [9.17, 15) is 5.11 Å². The zero-order chi connectivity index (χ0) is 9.03. The molecule has 0 bridgehead atoms. The summed E-state index contributed by atoms with van der Waals surface area (Å²) in [6.07, 6.45) is 6.18. The molecule has 0 aliphatic heterocycles. The first-order valence-corrected chi connectivity index (χ1v) is 4.99. The molecule has 1 fully saturated rings. The summed E-state index contributed by atoms with van der Waals surface area (Å²) in [6, 6.07) is 0. The molecule has 12 heavy (non-hydrogen) atoms. The van der Waals surface area contributed by atoms with E-state index in [2.05, 4.69) is 0 Å². The van der Waals surface area contributed by atoms with E-state index in [0.29, 0.717) is 0 Å². The van der Waals surface area contributed by atoms with Gasteiger partial charge in [-0.2, -0.15) is 0 Å². The van der Waals surface area contributed by atoms with Crippen LogP contribution in [0.3, 0.4) is 0 Å². The van der Waals surface area contributed by atoms with Crippen LogP contribution < -0.4 is 0 Å². The lowest BCUT2D eigenvalue weighted by atomic mass is 9.79. The fourth-order valence-corrected chi connectivity index (χ4v) is 2.13. The van der Waals surface area contributed by atoms with Crippen molar-refractivity contribution in [3.63, 3.8) is 0 Å². The maximum absolute atomic E-state index is 10.1. The molecular weight excluding hydrogens is 152 g/mol. The van der Waals surface area contributed by atoms with E-state index in [1.807, 2.05) is 6.92 Å². The Kier molecular flexibility index (Phi) is 3.53. The molecule has 1 aliphatic rings. The summed E-state index contributed by atoms with van der Waals surface area (Å²) in [7, 11) is 0. The van der Waals surface area contributed by atoms with Gasteiger partial charge >= 0.3 is 0 Å². The number of rotatable bonds is 3.